The summed E-state index contributed by atoms with van der Waals surface area (Å²) in [5.41, 5.74) is 0. The van der Waals surface area contributed by atoms with E-state index in [1.165, 1.54) is 0 Å². The van der Waals surface area contributed by atoms with Crippen LogP contribution in [-0.4, -0.2) is 41.7 Å². The second kappa shape index (κ2) is 6.29. The summed E-state index contributed by atoms with van der Waals surface area (Å²) in [4.78, 5) is 0. The van der Waals surface area contributed by atoms with Crippen LogP contribution in [-0.2, 0) is 16.5 Å². The van der Waals surface area contributed by atoms with Gasteiger partial charge in [-0.05, 0) is 26.2 Å². The van der Waals surface area contributed by atoms with E-state index < -0.39 is 36.4 Å². The van der Waals surface area contributed by atoms with Gasteiger partial charge in [-0.25, -0.2) is 0 Å². The summed E-state index contributed by atoms with van der Waals surface area (Å²) in [7, 11) is -6.77. The van der Waals surface area contributed by atoms with Crippen LogP contribution < -0.4 is 0 Å². The summed E-state index contributed by atoms with van der Waals surface area (Å²) >= 11 is 4.43. The Morgan fingerprint density at radius 2 is 1.50 bits per heavy atom. The van der Waals surface area contributed by atoms with Crippen molar-refractivity contribution in [1.82, 2.24) is 0 Å². The van der Waals surface area contributed by atoms with Crippen LogP contribution in [0.1, 0.15) is 6.92 Å². The number of thiol groups is 1. The molecule has 0 amide bonds. The first-order chi connectivity index (χ1) is 7.31. The average molecular weight is 315 g/mol. The van der Waals surface area contributed by atoms with E-state index in [0.29, 0.717) is 5.25 Å². The highest BCUT2D eigenvalue weighted by molar-refractivity contribution is 7.81. The van der Waals surface area contributed by atoms with Gasteiger partial charge in [0.15, 0.2) is 0 Å². The Labute approximate surface area is 110 Å². The topological polar surface area (TPSA) is 36.9 Å². The predicted molar refractivity (Wildman–Crippen MR) is 78.3 cm³/mol. The second-order valence-electron chi connectivity index (χ2n) is 4.40. The molecule has 0 bridgehead atoms. The molecule has 0 aromatic heterocycles. The van der Waals surface area contributed by atoms with Crippen LogP contribution in [0.2, 0.25) is 32.2 Å². The summed E-state index contributed by atoms with van der Waals surface area (Å²) in [6.45, 7) is 10.3. The van der Waals surface area contributed by atoms with Crippen LogP contribution in [0, 0.1) is 0 Å². The minimum absolute atomic E-state index is 0.299. The molecule has 0 aliphatic carbocycles. The number of hydrogen-bond donors (Lipinski definition) is 1. The zero-order chi connectivity index (χ0) is 12.3. The van der Waals surface area contributed by atoms with E-state index in [4.69, 9.17) is 16.5 Å². The van der Waals surface area contributed by atoms with Crippen LogP contribution in [0.5, 0.6) is 0 Å². The molecule has 0 N–H and O–H groups in total. The molecule has 9 heteroatoms. The Bertz CT molecular complexity index is 218. The van der Waals surface area contributed by atoms with Gasteiger partial charge in [0.05, 0.1) is 0 Å². The molecule has 3 atom stereocenters. The van der Waals surface area contributed by atoms with E-state index in [1.807, 2.05) is 6.55 Å². The molecule has 1 aliphatic rings. The first-order valence-corrected chi connectivity index (χ1v) is 15.0. The molecule has 1 aliphatic heterocycles. The summed E-state index contributed by atoms with van der Waals surface area (Å²) in [6.07, 6.45) is 0. The van der Waals surface area contributed by atoms with Crippen LogP contribution in [0.25, 0.3) is 0 Å². The molecule has 1 heterocycles. The first-order valence-electron chi connectivity index (χ1n) is 5.65. The highest BCUT2D eigenvalue weighted by Gasteiger charge is 2.39. The summed E-state index contributed by atoms with van der Waals surface area (Å²) in [6, 6.07) is 0.896. The molecule has 1 saturated heterocycles. The standard InChI is InChI=1S/C7H22O4SSi4/c1-7(12)6-16(5)10-14(3)8-13(2)9-15(4)11-16/h7,12-15H,6H2,1-5H3. The van der Waals surface area contributed by atoms with Gasteiger partial charge in [0.1, 0.15) is 0 Å². The van der Waals surface area contributed by atoms with Gasteiger partial charge in [0.25, 0.3) is 27.9 Å². The Morgan fingerprint density at radius 3 is 1.88 bits per heavy atom. The Balaban J connectivity index is 2.68. The Hall–Kier alpha value is 1.06. The lowest BCUT2D eigenvalue weighted by Gasteiger charge is -2.37. The van der Waals surface area contributed by atoms with Gasteiger partial charge >= 0.3 is 8.56 Å². The van der Waals surface area contributed by atoms with Crippen molar-refractivity contribution in [2.45, 2.75) is 44.4 Å². The smallest absolute Gasteiger partial charge is 0.318 e. The number of rotatable bonds is 2. The molecular weight excluding hydrogens is 292 g/mol. The molecule has 0 aromatic carbocycles. The highest BCUT2D eigenvalue weighted by atomic mass is 32.1. The molecule has 4 nitrogen and oxygen atoms in total. The van der Waals surface area contributed by atoms with Crippen molar-refractivity contribution in [2.24, 2.45) is 0 Å². The Morgan fingerprint density at radius 1 is 1.06 bits per heavy atom. The summed E-state index contributed by atoms with van der Waals surface area (Å²) < 4.78 is 23.9. The SMILES string of the molecule is CC(S)C[Si]1(C)O[SiH](C)O[SiH](C)O[SiH](C)O1. The molecule has 3 unspecified atom stereocenters. The van der Waals surface area contributed by atoms with Crippen molar-refractivity contribution < 1.29 is 16.5 Å². The quantitative estimate of drug-likeness (QED) is 0.610. The fourth-order valence-electron chi connectivity index (χ4n) is 1.99. The fraction of sp³-hybridized carbons (Fsp3) is 1.00. The van der Waals surface area contributed by atoms with E-state index in [-0.39, 0.29) is 0 Å². The van der Waals surface area contributed by atoms with Crippen molar-refractivity contribution in [3.8, 4) is 0 Å². The molecule has 1 rings (SSSR count). The normalized spacial score (nSPS) is 43.5. The van der Waals surface area contributed by atoms with Crippen molar-refractivity contribution in [3.05, 3.63) is 0 Å². The zero-order valence-corrected chi connectivity index (χ0v) is 16.0. The maximum absolute atomic E-state index is 6.10. The van der Waals surface area contributed by atoms with Crippen molar-refractivity contribution >= 4 is 49.0 Å². The van der Waals surface area contributed by atoms with Crippen LogP contribution >= 0.6 is 12.6 Å². The maximum Gasteiger partial charge on any atom is 0.318 e. The van der Waals surface area contributed by atoms with Gasteiger partial charge in [0.2, 0.25) is 0 Å². The predicted octanol–water partition coefficient (Wildman–Crippen LogP) is 1.01. The third kappa shape index (κ3) is 5.14. The van der Waals surface area contributed by atoms with E-state index >= 15 is 0 Å². The van der Waals surface area contributed by atoms with Gasteiger partial charge in [0, 0.05) is 11.3 Å². The van der Waals surface area contributed by atoms with Gasteiger partial charge in [-0.1, -0.05) is 6.92 Å². The molecule has 16 heavy (non-hydrogen) atoms. The zero-order valence-electron chi connectivity index (χ0n) is 10.6. The van der Waals surface area contributed by atoms with Crippen molar-refractivity contribution in [3.63, 3.8) is 0 Å². The lowest BCUT2D eigenvalue weighted by atomic mass is 10.6. The largest absolute Gasteiger partial charge is 0.420 e. The lowest BCUT2D eigenvalue weighted by molar-refractivity contribution is 0.274. The second-order valence-corrected chi connectivity index (χ2v) is 15.4. The van der Waals surface area contributed by atoms with Gasteiger partial charge < -0.3 is 16.5 Å². The molecule has 0 spiro atoms. The van der Waals surface area contributed by atoms with E-state index in [1.54, 1.807) is 0 Å². The van der Waals surface area contributed by atoms with Crippen molar-refractivity contribution in [1.29, 1.82) is 0 Å². The monoisotopic (exact) mass is 314 g/mol. The maximum atomic E-state index is 6.10. The van der Waals surface area contributed by atoms with E-state index in [9.17, 15) is 0 Å². The van der Waals surface area contributed by atoms with Crippen LogP contribution in [0.4, 0.5) is 0 Å². The third-order valence-corrected chi connectivity index (χ3v) is 16.9. The molecular formula is C7H22O4SSi4. The molecule has 96 valence electrons. The summed E-state index contributed by atoms with van der Waals surface area (Å²) in [5, 5.41) is 0.299. The lowest BCUT2D eigenvalue weighted by Crippen LogP contribution is -2.53. The molecule has 0 aromatic rings. The van der Waals surface area contributed by atoms with Gasteiger partial charge in [-0.3, -0.25) is 0 Å². The molecule has 0 saturated carbocycles. The number of hydrogen-bond acceptors (Lipinski definition) is 5. The van der Waals surface area contributed by atoms with Crippen LogP contribution in [0.15, 0.2) is 0 Å². The molecule has 0 radical (unpaired) electrons. The van der Waals surface area contributed by atoms with E-state index in [0.717, 1.165) is 6.04 Å². The van der Waals surface area contributed by atoms with Gasteiger partial charge in [-0.2, -0.15) is 12.6 Å². The highest BCUT2D eigenvalue weighted by Crippen LogP contribution is 2.23. The van der Waals surface area contributed by atoms with E-state index in [2.05, 4.69) is 39.2 Å². The summed E-state index contributed by atoms with van der Waals surface area (Å²) in [5.74, 6) is 0. The van der Waals surface area contributed by atoms with Gasteiger partial charge in [-0.15, -0.1) is 0 Å². The minimum Gasteiger partial charge on any atom is -0.420 e. The fourth-order valence-corrected chi connectivity index (χ4v) is 17.8. The van der Waals surface area contributed by atoms with Crippen molar-refractivity contribution in [2.75, 3.05) is 0 Å². The molecule has 1 fully saturated rings. The van der Waals surface area contributed by atoms with Crippen LogP contribution in [0.3, 0.4) is 0 Å². The average Bonchev–Trinajstić information content (AvgIpc) is 1.95. The minimum atomic E-state index is -2.12. The first kappa shape index (κ1) is 15.1. The third-order valence-electron chi connectivity index (χ3n) is 2.26. The Kier molecular flexibility index (Phi) is 5.94.